The van der Waals surface area contributed by atoms with Crippen LogP contribution in [0.1, 0.15) is 78.1 Å². The molecule has 1 aliphatic heterocycles. The number of hydrogen-bond donors (Lipinski definition) is 1. The van der Waals surface area contributed by atoms with Gasteiger partial charge in [0.2, 0.25) is 0 Å². The Morgan fingerprint density at radius 2 is 1.89 bits per heavy atom. The topological polar surface area (TPSA) is 23.5 Å². The van der Waals surface area contributed by atoms with Gasteiger partial charge >= 0.3 is 0 Å². The van der Waals surface area contributed by atoms with Crippen LogP contribution in [0.2, 0.25) is 0 Å². The van der Waals surface area contributed by atoms with Gasteiger partial charge in [0.15, 0.2) is 0 Å². The standard InChI is InChI=1S/C26H41NO/c1-19-8-9-21(20(2)25(19)28)10-11-22-7-6-15-26(3)23(12-13-24(22)26)14-18-27-16-4-5-17-27/h10-11,19,23-25,28H,2,4-9,12-18H2,1,3H3/b21-10-,22-11+/t19-,23?,24?,25?,26?/m0/s1. The average molecular weight is 384 g/mol. The third-order valence-corrected chi connectivity index (χ3v) is 8.83. The number of rotatable bonds is 4. The molecule has 3 aliphatic carbocycles. The maximum Gasteiger partial charge on any atom is 0.0812 e. The van der Waals surface area contributed by atoms with Crippen LogP contribution in [0.4, 0.5) is 0 Å². The quantitative estimate of drug-likeness (QED) is 0.654. The fourth-order valence-electron chi connectivity index (χ4n) is 6.80. The number of aliphatic hydroxyl groups is 1. The van der Waals surface area contributed by atoms with Crippen LogP contribution in [0.5, 0.6) is 0 Å². The summed E-state index contributed by atoms with van der Waals surface area (Å²) in [6.45, 7) is 12.9. The lowest BCUT2D eigenvalue weighted by molar-refractivity contribution is 0.120. The number of aliphatic hydroxyl groups excluding tert-OH is 1. The molecule has 0 bridgehead atoms. The van der Waals surface area contributed by atoms with Gasteiger partial charge < -0.3 is 10.0 Å². The fraction of sp³-hybridized carbons (Fsp3) is 0.769. The number of nitrogens with zero attached hydrogens (tertiary/aromatic N) is 1. The minimum Gasteiger partial charge on any atom is -0.388 e. The van der Waals surface area contributed by atoms with Crippen molar-refractivity contribution < 1.29 is 5.11 Å². The molecule has 5 atom stereocenters. The smallest absolute Gasteiger partial charge is 0.0812 e. The Bertz CT molecular complexity index is 641. The summed E-state index contributed by atoms with van der Waals surface area (Å²) in [5.74, 6) is 2.03. The lowest BCUT2D eigenvalue weighted by Gasteiger charge is -2.43. The van der Waals surface area contributed by atoms with Crippen molar-refractivity contribution in [3.8, 4) is 0 Å². The zero-order valence-corrected chi connectivity index (χ0v) is 18.3. The van der Waals surface area contributed by atoms with Gasteiger partial charge in [-0.3, -0.25) is 0 Å². The second-order valence-electron chi connectivity index (χ2n) is 10.4. The molecule has 28 heavy (non-hydrogen) atoms. The van der Waals surface area contributed by atoms with E-state index in [0.29, 0.717) is 11.3 Å². The fourth-order valence-corrected chi connectivity index (χ4v) is 6.80. The summed E-state index contributed by atoms with van der Waals surface area (Å²) in [7, 11) is 0. The molecule has 0 aromatic heterocycles. The lowest BCUT2D eigenvalue weighted by atomic mass is 9.63. The Hall–Kier alpha value is -0.860. The monoisotopic (exact) mass is 383 g/mol. The molecule has 1 heterocycles. The molecular formula is C26H41NO. The highest BCUT2D eigenvalue weighted by Crippen LogP contribution is 2.58. The van der Waals surface area contributed by atoms with E-state index in [1.165, 1.54) is 76.6 Å². The molecule has 4 unspecified atom stereocenters. The first kappa shape index (κ1) is 20.4. The van der Waals surface area contributed by atoms with Crippen molar-refractivity contribution >= 4 is 0 Å². The van der Waals surface area contributed by atoms with Crippen molar-refractivity contribution in [2.24, 2.45) is 23.2 Å². The van der Waals surface area contributed by atoms with Crippen LogP contribution in [-0.4, -0.2) is 35.7 Å². The number of fused-ring (bicyclic) bond motifs is 1. The van der Waals surface area contributed by atoms with Crippen molar-refractivity contribution in [3.63, 3.8) is 0 Å². The SMILES string of the molecule is C=C1/C(=C\C=C2/CCCC3(C)C(CCN4CCCC4)CCC23)CC[C@H](C)C1O. The zero-order valence-electron chi connectivity index (χ0n) is 18.3. The Labute approximate surface area is 172 Å². The van der Waals surface area contributed by atoms with E-state index in [0.717, 1.165) is 30.3 Å². The summed E-state index contributed by atoms with van der Waals surface area (Å²) in [4.78, 5) is 2.70. The van der Waals surface area contributed by atoms with E-state index in [1.54, 1.807) is 5.57 Å². The normalized spacial score (nSPS) is 42.5. The molecular weight excluding hydrogens is 342 g/mol. The summed E-state index contributed by atoms with van der Waals surface area (Å²) >= 11 is 0. The minimum absolute atomic E-state index is 0.349. The van der Waals surface area contributed by atoms with Crippen molar-refractivity contribution in [1.29, 1.82) is 0 Å². The molecule has 0 aromatic carbocycles. The molecule has 1 N–H and O–H groups in total. The van der Waals surface area contributed by atoms with E-state index in [1.807, 2.05) is 0 Å². The number of allylic oxidation sites excluding steroid dienone is 3. The lowest BCUT2D eigenvalue weighted by Crippen LogP contribution is -2.35. The van der Waals surface area contributed by atoms with Crippen molar-refractivity contribution in [1.82, 2.24) is 4.90 Å². The number of likely N-dealkylation sites (tertiary alicyclic amines) is 1. The summed E-state index contributed by atoms with van der Waals surface area (Å²) in [6.07, 6.45) is 17.6. The molecule has 4 rings (SSSR count). The van der Waals surface area contributed by atoms with Gasteiger partial charge in [0.25, 0.3) is 0 Å². The Balaban J connectivity index is 1.44. The molecule has 0 radical (unpaired) electrons. The molecule has 4 aliphatic rings. The van der Waals surface area contributed by atoms with Crippen LogP contribution in [0, 0.1) is 23.2 Å². The van der Waals surface area contributed by atoms with Gasteiger partial charge in [0, 0.05) is 0 Å². The van der Waals surface area contributed by atoms with Crippen LogP contribution in [0.25, 0.3) is 0 Å². The van der Waals surface area contributed by atoms with Crippen LogP contribution in [-0.2, 0) is 0 Å². The molecule has 0 amide bonds. The third kappa shape index (κ3) is 3.92. The number of hydrogen-bond acceptors (Lipinski definition) is 2. The summed E-state index contributed by atoms with van der Waals surface area (Å²) in [6, 6.07) is 0. The van der Waals surface area contributed by atoms with E-state index in [9.17, 15) is 5.11 Å². The van der Waals surface area contributed by atoms with Gasteiger partial charge in [-0.1, -0.05) is 38.2 Å². The highest BCUT2D eigenvalue weighted by Gasteiger charge is 2.48. The van der Waals surface area contributed by atoms with Crippen LogP contribution >= 0.6 is 0 Å². The molecule has 0 spiro atoms. The zero-order chi connectivity index (χ0) is 19.7. The molecule has 1 saturated heterocycles. The van der Waals surface area contributed by atoms with E-state index in [-0.39, 0.29) is 6.10 Å². The molecule has 4 fully saturated rings. The van der Waals surface area contributed by atoms with Crippen LogP contribution < -0.4 is 0 Å². The first-order valence-electron chi connectivity index (χ1n) is 12.0. The largest absolute Gasteiger partial charge is 0.388 e. The summed E-state index contributed by atoms with van der Waals surface area (Å²) in [5, 5.41) is 10.4. The molecule has 2 heteroatoms. The highest BCUT2D eigenvalue weighted by atomic mass is 16.3. The molecule has 0 aromatic rings. The van der Waals surface area contributed by atoms with Gasteiger partial charge in [-0.15, -0.1) is 0 Å². The summed E-state index contributed by atoms with van der Waals surface area (Å²) < 4.78 is 0. The second kappa shape index (κ2) is 8.48. The van der Waals surface area contributed by atoms with Crippen molar-refractivity contribution in [2.75, 3.05) is 19.6 Å². The minimum atomic E-state index is -0.350. The molecule has 2 nitrogen and oxygen atoms in total. The molecule has 3 saturated carbocycles. The average Bonchev–Trinajstić information content (AvgIpc) is 3.31. The Morgan fingerprint density at radius 3 is 2.68 bits per heavy atom. The first-order valence-corrected chi connectivity index (χ1v) is 12.0. The highest BCUT2D eigenvalue weighted by molar-refractivity contribution is 5.38. The van der Waals surface area contributed by atoms with E-state index < -0.39 is 0 Å². The van der Waals surface area contributed by atoms with Crippen LogP contribution in [0.3, 0.4) is 0 Å². The summed E-state index contributed by atoms with van der Waals surface area (Å²) in [5.41, 5.74) is 4.45. The van der Waals surface area contributed by atoms with Crippen molar-refractivity contribution in [3.05, 3.63) is 35.5 Å². The van der Waals surface area contributed by atoms with Gasteiger partial charge in [-0.05, 0) is 118 Å². The van der Waals surface area contributed by atoms with E-state index in [2.05, 4.69) is 37.5 Å². The van der Waals surface area contributed by atoms with Crippen LogP contribution in [0.15, 0.2) is 35.5 Å². The maximum atomic E-state index is 10.4. The predicted octanol–water partition coefficient (Wildman–Crippen LogP) is 5.89. The van der Waals surface area contributed by atoms with Gasteiger partial charge in [0.05, 0.1) is 6.10 Å². The predicted molar refractivity (Wildman–Crippen MR) is 118 cm³/mol. The second-order valence-corrected chi connectivity index (χ2v) is 10.4. The van der Waals surface area contributed by atoms with Gasteiger partial charge in [-0.2, -0.15) is 0 Å². The van der Waals surface area contributed by atoms with Crippen molar-refractivity contribution in [2.45, 2.75) is 84.2 Å². The molecule has 156 valence electrons. The Kier molecular flexibility index (Phi) is 6.18. The first-order chi connectivity index (χ1) is 13.5. The van der Waals surface area contributed by atoms with Gasteiger partial charge in [0.1, 0.15) is 0 Å². The van der Waals surface area contributed by atoms with E-state index >= 15 is 0 Å². The third-order valence-electron chi connectivity index (χ3n) is 8.83. The Morgan fingerprint density at radius 1 is 1.11 bits per heavy atom. The maximum absolute atomic E-state index is 10.4. The van der Waals surface area contributed by atoms with Gasteiger partial charge in [-0.25, -0.2) is 0 Å². The van der Waals surface area contributed by atoms with E-state index in [4.69, 9.17) is 0 Å².